The Labute approximate surface area is 186 Å². The van der Waals surface area contributed by atoms with Gasteiger partial charge >= 0.3 is 23.9 Å². The maximum absolute atomic E-state index is 11.8. The van der Waals surface area contributed by atoms with Crippen molar-refractivity contribution in [1.29, 1.82) is 0 Å². The maximum Gasteiger partial charge on any atom is 0.303 e. The van der Waals surface area contributed by atoms with Crippen molar-refractivity contribution in [1.82, 2.24) is 5.32 Å². The van der Waals surface area contributed by atoms with Gasteiger partial charge in [-0.3, -0.25) is 19.2 Å². The molecular weight excluding hydrogens is 434 g/mol. The van der Waals surface area contributed by atoms with Crippen molar-refractivity contribution in [2.75, 3.05) is 13.2 Å². The fourth-order valence-corrected chi connectivity index (χ4v) is 3.01. The first kappa shape index (κ1) is 26.6. The zero-order valence-electron chi connectivity index (χ0n) is 18.2. The molecule has 0 unspecified atom stereocenters. The monoisotopic (exact) mass is 463 g/mol. The quantitative estimate of drug-likeness (QED) is 0.224. The molecule has 1 aliphatic heterocycles. The molecule has 0 spiro atoms. The average Bonchev–Trinajstić information content (AvgIpc) is 2.64. The van der Waals surface area contributed by atoms with E-state index >= 15 is 0 Å². The molecule has 1 rings (SSSR count). The topological polar surface area (TPSA) is 136 Å². The normalized spacial score (nSPS) is 25.0. The Morgan fingerprint density at radius 2 is 1.39 bits per heavy atom. The van der Waals surface area contributed by atoms with E-state index in [2.05, 4.69) is 5.32 Å². The molecule has 0 amide bonds. The van der Waals surface area contributed by atoms with Gasteiger partial charge in [0, 0.05) is 27.7 Å². The highest BCUT2D eigenvalue weighted by Crippen LogP contribution is 2.28. The lowest BCUT2D eigenvalue weighted by molar-refractivity contribution is -0.255. The van der Waals surface area contributed by atoms with Gasteiger partial charge in [-0.2, -0.15) is 0 Å². The number of unbranched alkanes of at least 4 members (excludes halogenated alkanes) is 1. The van der Waals surface area contributed by atoms with Crippen molar-refractivity contribution < 1.29 is 47.6 Å². The molecule has 1 heterocycles. The number of hydrogen-bond acceptors (Lipinski definition) is 11. The van der Waals surface area contributed by atoms with Crippen LogP contribution in [-0.4, -0.2) is 72.9 Å². The van der Waals surface area contributed by atoms with E-state index < -0.39 is 54.5 Å². The van der Waals surface area contributed by atoms with Gasteiger partial charge in [-0.1, -0.05) is 13.3 Å². The molecule has 0 aliphatic carbocycles. The van der Waals surface area contributed by atoms with Crippen LogP contribution < -0.4 is 5.32 Å². The number of hydrogen-bond donors (Lipinski definition) is 1. The summed E-state index contributed by atoms with van der Waals surface area (Å²) in [5.74, 6) is -2.72. The Morgan fingerprint density at radius 3 is 1.90 bits per heavy atom. The van der Waals surface area contributed by atoms with Crippen LogP contribution in [0.4, 0.5) is 0 Å². The molecule has 11 nitrogen and oxygen atoms in total. The van der Waals surface area contributed by atoms with Crippen LogP contribution in [0.25, 0.3) is 0 Å². The van der Waals surface area contributed by atoms with Crippen LogP contribution in [0.15, 0.2) is 0 Å². The minimum atomic E-state index is -1.27. The van der Waals surface area contributed by atoms with E-state index in [0.29, 0.717) is 6.61 Å². The van der Waals surface area contributed by atoms with E-state index in [-0.39, 0.29) is 11.8 Å². The van der Waals surface area contributed by atoms with Gasteiger partial charge in [-0.05, 0) is 18.6 Å². The summed E-state index contributed by atoms with van der Waals surface area (Å²) in [7, 11) is 0. The zero-order chi connectivity index (χ0) is 23.6. The molecule has 0 aromatic carbocycles. The van der Waals surface area contributed by atoms with Crippen LogP contribution in [-0.2, 0) is 47.6 Å². The summed E-state index contributed by atoms with van der Waals surface area (Å²) in [6.07, 6.45) is -4.28. The third-order valence-electron chi connectivity index (χ3n) is 3.98. The summed E-state index contributed by atoms with van der Waals surface area (Å²) in [5.41, 5.74) is 0. The van der Waals surface area contributed by atoms with Crippen molar-refractivity contribution >= 4 is 41.3 Å². The molecule has 0 bridgehead atoms. The predicted molar refractivity (Wildman–Crippen MR) is 109 cm³/mol. The average molecular weight is 464 g/mol. The first-order valence-corrected chi connectivity index (χ1v) is 10.2. The van der Waals surface area contributed by atoms with Gasteiger partial charge in [0.1, 0.15) is 12.7 Å². The number of ether oxygens (including phenoxy) is 6. The lowest BCUT2D eigenvalue weighted by atomic mass is 9.97. The Morgan fingerprint density at radius 1 is 0.839 bits per heavy atom. The fourth-order valence-electron chi connectivity index (χ4n) is 2.81. The van der Waals surface area contributed by atoms with E-state index in [1.807, 2.05) is 6.92 Å². The van der Waals surface area contributed by atoms with E-state index in [4.69, 9.17) is 40.6 Å². The molecule has 0 saturated carbocycles. The minimum absolute atomic E-state index is 0.0330. The number of thiocarbonyl (C=S) groups is 1. The number of carbonyl (C=O) groups is 4. The van der Waals surface area contributed by atoms with Crippen LogP contribution in [0, 0.1) is 0 Å². The molecule has 1 N–H and O–H groups in total. The van der Waals surface area contributed by atoms with E-state index in [1.54, 1.807) is 0 Å². The molecular formula is C19H29NO10S. The van der Waals surface area contributed by atoms with Gasteiger partial charge in [0.15, 0.2) is 24.5 Å². The Balaban J connectivity index is 3.23. The van der Waals surface area contributed by atoms with Gasteiger partial charge in [0.05, 0.1) is 6.61 Å². The van der Waals surface area contributed by atoms with Gasteiger partial charge in [0.2, 0.25) is 0 Å². The highest BCUT2D eigenvalue weighted by Gasteiger charge is 2.52. The van der Waals surface area contributed by atoms with Gasteiger partial charge in [-0.15, -0.1) is 0 Å². The van der Waals surface area contributed by atoms with Crippen molar-refractivity contribution in [3.8, 4) is 0 Å². The third-order valence-corrected chi connectivity index (χ3v) is 4.22. The Kier molecular flexibility index (Phi) is 11.2. The first-order valence-electron chi connectivity index (χ1n) is 9.78. The molecule has 176 valence electrons. The number of carbonyl (C=O) groups excluding carboxylic acids is 4. The van der Waals surface area contributed by atoms with E-state index in [0.717, 1.165) is 33.6 Å². The summed E-state index contributed by atoms with van der Waals surface area (Å²) < 4.78 is 32.2. The molecule has 1 aliphatic rings. The van der Waals surface area contributed by atoms with Crippen LogP contribution in [0.2, 0.25) is 0 Å². The van der Waals surface area contributed by atoms with Gasteiger partial charge in [-0.25, -0.2) is 0 Å². The number of rotatable bonds is 9. The summed E-state index contributed by atoms with van der Waals surface area (Å²) in [6.45, 7) is 6.67. The molecule has 0 radical (unpaired) electrons. The van der Waals surface area contributed by atoms with Crippen LogP contribution in [0.5, 0.6) is 0 Å². The molecule has 1 saturated heterocycles. The highest BCUT2D eigenvalue weighted by atomic mass is 32.1. The first-order chi connectivity index (χ1) is 14.5. The predicted octanol–water partition coefficient (Wildman–Crippen LogP) is 0.761. The second-order valence-electron chi connectivity index (χ2n) is 6.75. The molecule has 0 aromatic rings. The Bertz CT molecular complexity index is 670. The number of esters is 4. The molecule has 31 heavy (non-hydrogen) atoms. The van der Waals surface area contributed by atoms with Crippen molar-refractivity contribution in [2.24, 2.45) is 0 Å². The lowest BCUT2D eigenvalue weighted by Crippen LogP contribution is -2.66. The largest absolute Gasteiger partial charge is 0.471 e. The lowest BCUT2D eigenvalue weighted by Gasteiger charge is -2.44. The summed E-state index contributed by atoms with van der Waals surface area (Å²) >= 11 is 5.15. The summed E-state index contributed by atoms with van der Waals surface area (Å²) in [4.78, 5) is 46.4. The SMILES string of the molecule is CCCCOC(=S)N[C@@H]1O[C@H](COC(C)=O)[C@H](OC(C)=O)[C@@H](OC(C)=O)[C@H]1OC(C)=O. The second kappa shape index (κ2) is 13.1. The fraction of sp³-hybridized carbons (Fsp3) is 0.737. The van der Waals surface area contributed by atoms with Crippen LogP contribution >= 0.6 is 12.2 Å². The van der Waals surface area contributed by atoms with Crippen LogP contribution in [0.1, 0.15) is 47.5 Å². The summed E-state index contributed by atoms with van der Waals surface area (Å²) in [5, 5.41) is 2.73. The standard InChI is InChI=1S/C19H29NO10S/c1-6-7-8-25-19(31)20-18-17(29-13(5)24)16(28-12(4)23)15(27-11(3)22)14(30-18)9-26-10(2)21/h14-18H,6-9H2,1-5H3,(H,20,31)/t14-,15+,16-,17-,18-/m1/s1. The van der Waals surface area contributed by atoms with Crippen molar-refractivity contribution in [3.63, 3.8) is 0 Å². The Hall–Kier alpha value is -2.47. The zero-order valence-corrected chi connectivity index (χ0v) is 19.0. The molecule has 0 aromatic heterocycles. The van der Waals surface area contributed by atoms with E-state index in [1.165, 1.54) is 6.92 Å². The smallest absolute Gasteiger partial charge is 0.303 e. The van der Waals surface area contributed by atoms with Gasteiger partial charge in [0.25, 0.3) is 5.17 Å². The highest BCUT2D eigenvalue weighted by molar-refractivity contribution is 7.80. The molecule has 5 atom stereocenters. The van der Waals surface area contributed by atoms with Gasteiger partial charge < -0.3 is 33.7 Å². The van der Waals surface area contributed by atoms with Crippen molar-refractivity contribution in [3.05, 3.63) is 0 Å². The summed E-state index contributed by atoms with van der Waals surface area (Å²) in [6, 6.07) is 0. The minimum Gasteiger partial charge on any atom is -0.471 e. The van der Waals surface area contributed by atoms with Crippen molar-refractivity contribution in [2.45, 2.75) is 78.1 Å². The van der Waals surface area contributed by atoms with E-state index in [9.17, 15) is 19.2 Å². The second-order valence-corrected chi connectivity index (χ2v) is 7.12. The maximum atomic E-state index is 11.8. The molecule has 12 heteroatoms. The van der Waals surface area contributed by atoms with Crippen LogP contribution in [0.3, 0.4) is 0 Å². The molecule has 1 fully saturated rings. The third kappa shape index (κ3) is 9.47. The number of nitrogens with one attached hydrogen (secondary N) is 1.